The van der Waals surface area contributed by atoms with E-state index in [1.807, 2.05) is 6.07 Å². The average Bonchev–Trinajstić information content (AvgIpc) is 2.68. The normalized spacial score (nSPS) is 26.4. The predicted molar refractivity (Wildman–Crippen MR) is 114 cm³/mol. The number of benzene rings is 2. The van der Waals surface area contributed by atoms with Gasteiger partial charge >= 0.3 is 0 Å². The van der Waals surface area contributed by atoms with Crippen LogP contribution in [-0.2, 0) is 6.54 Å². The highest BCUT2D eigenvalue weighted by atomic mass is 16.5. The lowest BCUT2D eigenvalue weighted by Gasteiger charge is -2.45. The number of rotatable bonds is 5. The van der Waals surface area contributed by atoms with Gasteiger partial charge in [-0.15, -0.1) is 0 Å². The predicted octanol–water partition coefficient (Wildman–Crippen LogP) is 5.95. The van der Waals surface area contributed by atoms with Crippen LogP contribution in [0.1, 0.15) is 70.4 Å². The Hall–Kier alpha value is -2.05. The molecular formula is C25H32N2O. The molecule has 4 rings (SSSR count). The fraction of sp³-hybridized carbons (Fsp3) is 0.560. The quantitative estimate of drug-likeness (QED) is 0.701. The van der Waals surface area contributed by atoms with Crippen molar-refractivity contribution in [3.63, 3.8) is 0 Å². The van der Waals surface area contributed by atoms with Crippen LogP contribution in [0.5, 0.6) is 5.75 Å². The standard InChI is InChI=1S/C25H32N2O/c1-17-4-9-20(10-5-17)28-23-11-8-19-7-6-18(14-21(19)22(23)15-26)16-27-24-12-13-25(24,2)3/h6-8,11,14,17,20,24,27H,4-5,9-10,12-13,16H2,1-3H3/t17?,20?,24-/m0/s1. The highest BCUT2D eigenvalue weighted by Crippen LogP contribution is 2.40. The Balaban J connectivity index is 1.54. The molecule has 0 unspecified atom stereocenters. The lowest BCUT2D eigenvalue weighted by atomic mass is 9.67. The molecule has 0 saturated heterocycles. The average molecular weight is 377 g/mol. The first-order chi connectivity index (χ1) is 13.5. The molecule has 0 radical (unpaired) electrons. The van der Waals surface area contributed by atoms with Crippen molar-refractivity contribution in [1.82, 2.24) is 5.32 Å². The van der Waals surface area contributed by atoms with Gasteiger partial charge in [-0.2, -0.15) is 5.26 Å². The molecule has 2 aromatic carbocycles. The maximum Gasteiger partial charge on any atom is 0.138 e. The van der Waals surface area contributed by atoms with Crippen molar-refractivity contribution >= 4 is 10.8 Å². The number of nitrogens with zero attached hydrogens (tertiary/aromatic N) is 1. The summed E-state index contributed by atoms with van der Waals surface area (Å²) in [7, 11) is 0. The minimum atomic E-state index is 0.242. The van der Waals surface area contributed by atoms with Crippen LogP contribution in [0.3, 0.4) is 0 Å². The van der Waals surface area contributed by atoms with Gasteiger partial charge in [0, 0.05) is 18.0 Å². The van der Waals surface area contributed by atoms with Gasteiger partial charge in [0.15, 0.2) is 0 Å². The van der Waals surface area contributed by atoms with Crippen molar-refractivity contribution in [2.75, 3.05) is 0 Å². The van der Waals surface area contributed by atoms with Crippen LogP contribution in [0, 0.1) is 22.7 Å². The number of hydrogen-bond donors (Lipinski definition) is 1. The smallest absolute Gasteiger partial charge is 0.138 e. The molecule has 0 amide bonds. The molecule has 0 aromatic heterocycles. The Morgan fingerprint density at radius 2 is 1.86 bits per heavy atom. The molecular weight excluding hydrogens is 344 g/mol. The lowest BCUT2D eigenvalue weighted by Crippen LogP contribution is -2.49. The van der Waals surface area contributed by atoms with Gasteiger partial charge in [0.1, 0.15) is 17.4 Å². The lowest BCUT2D eigenvalue weighted by molar-refractivity contribution is 0.108. The van der Waals surface area contributed by atoms with E-state index in [0.29, 0.717) is 17.0 Å². The van der Waals surface area contributed by atoms with E-state index in [2.05, 4.69) is 56.4 Å². The van der Waals surface area contributed by atoms with Crippen molar-refractivity contribution < 1.29 is 4.74 Å². The summed E-state index contributed by atoms with van der Waals surface area (Å²) in [6.45, 7) is 7.82. The number of nitrogens with one attached hydrogen (secondary N) is 1. The molecule has 0 spiro atoms. The van der Waals surface area contributed by atoms with Crippen LogP contribution >= 0.6 is 0 Å². The minimum absolute atomic E-state index is 0.242. The molecule has 3 heteroatoms. The van der Waals surface area contributed by atoms with E-state index in [-0.39, 0.29) is 6.10 Å². The molecule has 2 fully saturated rings. The molecule has 28 heavy (non-hydrogen) atoms. The number of nitriles is 1. The first-order valence-electron chi connectivity index (χ1n) is 10.8. The summed E-state index contributed by atoms with van der Waals surface area (Å²) in [5.74, 6) is 1.54. The molecule has 2 aromatic rings. The molecule has 148 valence electrons. The Kier molecular flexibility index (Phi) is 5.34. The zero-order valence-corrected chi connectivity index (χ0v) is 17.4. The maximum absolute atomic E-state index is 9.87. The van der Waals surface area contributed by atoms with Crippen molar-refractivity contribution in [2.45, 2.75) is 78.0 Å². The van der Waals surface area contributed by atoms with Gasteiger partial charge in [0.05, 0.1) is 6.10 Å². The van der Waals surface area contributed by atoms with E-state index < -0.39 is 0 Å². The summed E-state index contributed by atoms with van der Waals surface area (Å²) in [4.78, 5) is 0. The van der Waals surface area contributed by atoms with E-state index in [1.54, 1.807) is 0 Å². The summed E-state index contributed by atoms with van der Waals surface area (Å²) in [6, 6.07) is 13.5. The summed E-state index contributed by atoms with van der Waals surface area (Å²) < 4.78 is 6.29. The zero-order chi connectivity index (χ0) is 19.7. The van der Waals surface area contributed by atoms with E-state index in [4.69, 9.17) is 4.74 Å². The fourth-order valence-electron chi connectivity index (χ4n) is 4.68. The van der Waals surface area contributed by atoms with Crippen LogP contribution in [-0.4, -0.2) is 12.1 Å². The van der Waals surface area contributed by atoms with Crippen molar-refractivity contribution in [3.05, 3.63) is 41.5 Å². The van der Waals surface area contributed by atoms with E-state index in [9.17, 15) is 5.26 Å². The van der Waals surface area contributed by atoms with Crippen LogP contribution < -0.4 is 10.1 Å². The fourth-order valence-corrected chi connectivity index (χ4v) is 4.68. The molecule has 0 aliphatic heterocycles. The molecule has 0 heterocycles. The first kappa shape index (κ1) is 19.3. The summed E-state index contributed by atoms with van der Waals surface area (Å²) >= 11 is 0. The summed E-state index contributed by atoms with van der Waals surface area (Å²) in [6.07, 6.45) is 7.40. The minimum Gasteiger partial charge on any atom is -0.489 e. The van der Waals surface area contributed by atoms with Gasteiger partial charge in [0.2, 0.25) is 0 Å². The van der Waals surface area contributed by atoms with E-state index in [1.165, 1.54) is 31.2 Å². The molecule has 1 N–H and O–H groups in total. The third kappa shape index (κ3) is 3.89. The summed E-state index contributed by atoms with van der Waals surface area (Å²) in [5, 5.41) is 15.7. The maximum atomic E-state index is 9.87. The van der Waals surface area contributed by atoms with Crippen molar-refractivity contribution in [3.8, 4) is 11.8 Å². The number of ether oxygens (including phenoxy) is 1. The second-order valence-electron chi connectivity index (χ2n) is 9.57. The van der Waals surface area contributed by atoms with Gasteiger partial charge in [-0.25, -0.2) is 0 Å². The van der Waals surface area contributed by atoms with Crippen molar-refractivity contribution in [1.29, 1.82) is 5.26 Å². The Labute approximate surface area is 169 Å². The van der Waals surface area contributed by atoms with Gasteiger partial charge in [0.25, 0.3) is 0 Å². The molecule has 1 atom stereocenters. The van der Waals surface area contributed by atoms with Gasteiger partial charge in [-0.05, 0) is 72.9 Å². The Morgan fingerprint density at radius 1 is 1.11 bits per heavy atom. The SMILES string of the molecule is CC1CCC(Oc2ccc3ccc(CN[C@H]4CCC4(C)C)cc3c2C#N)CC1. The zero-order valence-electron chi connectivity index (χ0n) is 17.4. The highest BCUT2D eigenvalue weighted by molar-refractivity contribution is 5.90. The molecule has 3 nitrogen and oxygen atoms in total. The molecule has 2 saturated carbocycles. The molecule has 2 aliphatic rings. The third-order valence-electron chi connectivity index (χ3n) is 6.99. The van der Waals surface area contributed by atoms with Crippen LogP contribution in [0.4, 0.5) is 0 Å². The van der Waals surface area contributed by atoms with E-state index in [0.717, 1.165) is 41.8 Å². The van der Waals surface area contributed by atoms with E-state index >= 15 is 0 Å². The summed E-state index contributed by atoms with van der Waals surface area (Å²) in [5.41, 5.74) is 2.31. The largest absolute Gasteiger partial charge is 0.489 e. The van der Waals surface area contributed by atoms with Gasteiger partial charge in [-0.1, -0.05) is 39.0 Å². The highest BCUT2D eigenvalue weighted by Gasteiger charge is 2.37. The third-order valence-corrected chi connectivity index (χ3v) is 6.99. The van der Waals surface area contributed by atoms with Crippen LogP contribution in [0.15, 0.2) is 30.3 Å². The van der Waals surface area contributed by atoms with Gasteiger partial charge in [-0.3, -0.25) is 0 Å². The topological polar surface area (TPSA) is 45.0 Å². The van der Waals surface area contributed by atoms with Gasteiger partial charge < -0.3 is 10.1 Å². The van der Waals surface area contributed by atoms with Crippen LogP contribution in [0.2, 0.25) is 0 Å². The second kappa shape index (κ2) is 7.76. The Bertz CT molecular complexity index is 887. The molecule has 2 aliphatic carbocycles. The molecule has 0 bridgehead atoms. The monoisotopic (exact) mass is 376 g/mol. The number of hydrogen-bond acceptors (Lipinski definition) is 3. The second-order valence-corrected chi connectivity index (χ2v) is 9.57. The van der Waals surface area contributed by atoms with Crippen LogP contribution in [0.25, 0.3) is 10.8 Å². The first-order valence-corrected chi connectivity index (χ1v) is 10.8. The van der Waals surface area contributed by atoms with Crippen molar-refractivity contribution in [2.24, 2.45) is 11.3 Å². The number of fused-ring (bicyclic) bond motifs is 1. The Morgan fingerprint density at radius 3 is 2.50 bits per heavy atom.